The quantitative estimate of drug-likeness (QED) is 0.568. The maximum atomic E-state index is 12.9. The van der Waals surface area contributed by atoms with Gasteiger partial charge in [-0.3, -0.25) is 4.79 Å². The summed E-state index contributed by atoms with van der Waals surface area (Å²) >= 11 is 0. The third kappa shape index (κ3) is 4.67. The van der Waals surface area contributed by atoms with Crippen molar-refractivity contribution in [2.45, 2.75) is 12.6 Å². The lowest BCUT2D eigenvalue weighted by molar-refractivity contribution is -0.137. The van der Waals surface area contributed by atoms with E-state index in [1.165, 1.54) is 6.07 Å². The number of benzene rings is 3. The van der Waals surface area contributed by atoms with Gasteiger partial charge < -0.3 is 10.1 Å². The van der Waals surface area contributed by atoms with Crippen LogP contribution in [0, 0.1) is 0 Å². The molecule has 0 aliphatic rings. The highest BCUT2D eigenvalue weighted by molar-refractivity contribution is 5.76. The maximum absolute atomic E-state index is 12.9. The molecule has 0 aromatic heterocycles. The Kier molecular flexibility index (Phi) is 5.45. The summed E-state index contributed by atoms with van der Waals surface area (Å²) < 4.78 is 44.6. The van der Waals surface area contributed by atoms with Crippen LogP contribution in [0.1, 0.15) is 16.7 Å². The highest BCUT2D eigenvalue weighted by atomic mass is 19.4. The molecule has 0 fully saturated rings. The molecule has 6 heteroatoms. The van der Waals surface area contributed by atoms with Gasteiger partial charge in [-0.15, -0.1) is 0 Å². The Labute approximate surface area is 154 Å². The number of halogens is 3. The highest BCUT2D eigenvalue weighted by Gasteiger charge is 2.31. The Balaban J connectivity index is 1.92. The van der Waals surface area contributed by atoms with Gasteiger partial charge in [0.1, 0.15) is 5.75 Å². The molecule has 0 aliphatic carbocycles. The number of amides is 1. The van der Waals surface area contributed by atoms with Crippen LogP contribution in [0.5, 0.6) is 11.5 Å². The molecule has 0 saturated carbocycles. The van der Waals surface area contributed by atoms with E-state index in [1.54, 1.807) is 12.1 Å². The molecule has 1 amide bonds. The van der Waals surface area contributed by atoms with Crippen molar-refractivity contribution in [3.8, 4) is 11.5 Å². The van der Waals surface area contributed by atoms with Gasteiger partial charge in [-0.1, -0.05) is 48.5 Å². The van der Waals surface area contributed by atoms with Crippen LogP contribution in [0.3, 0.4) is 0 Å². The smallest absolute Gasteiger partial charge is 0.416 e. The molecule has 1 N–H and O–H groups in total. The number of rotatable bonds is 6. The Morgan fingerprint density at radius 3 is 2.30 bits per heavy atom. The molecule has 0 spiro atoms. The van der Waals surface area contributed by atoms with E-state index in [9.17, 15) is 18.0 Å². The van der Waals surface area contributed by atoms with Gasteiger partial charge in [-0.2, -0.15) is 13.2 Å². The third-order valence-corrected chi connectivity index (χ3v) is 3.95. The monoisotopic (exact) mass is 371 g/mol. The van der Waals surface area contributed by atoms with Crippen molar-refractivity contribution in [1.82, 2.24) is 0 Å². The number of hydrogen-bond donors (Lipinski definition) is 1. The second-order valence-corrected chi connectivity index (χ2v) is 5.84. The van der Waals surface area contributed by atoms with Crippen LogP contribution in [0.15, 0.2) is 72.8 Å². The van der Waals surface area contributed by atoms with Crippen molar-refractivity contribution in [2.24, 2.45) is 0 Å². The molecular weight excluding hydrogens is 355 g/mol. The molecule has 0 saturated heterocycles. The van der Waals surface area contributed by atoms with Gasteiger partial charge in [0.25, 0.3) is 0 Å². The molecular formula is C21H16F3NO2. The Hall–Kier alpha value is -3.28. The molecule has 3 nitrogen and oxygen atoms in total. The number of para-hydroxylation sites is 1. The Morgan fingerprint density at radius 2 is 1.59 bits per heavy atom. The number of carbonyl (C=O) groups is 1. The zero-order valence-corrected chi connectivity index (χ0v) is 14.2. The average Bonchev–Trinajstić information content (AvgIpc) is 2.65. The van der Waals surface area contributed by atoms with Crippen molar-refractivity contribution in [3.05, 3.63) is 89.5 Å². The van der Waals surface area contributed by atoms with Crippen LogP contribution in [-0.2, 0) is 17.4 Å². The summed E-state index contributed by atoms with van der Waals surface area (Å²) in [6.45, 7) is 0. The summed E-state index contributed by atoms with van der Waals surface area (Å²) in [7, 11) is 0. The van der Waals surface area contributed by atoms with E-state index in [1.807, 2.05) is 42.5 Å². The number of alkyl halides is 3. The lowest BCUT2D eigenvalue weighted by atomic mass is 10.0. The summed E-state index contributed by atoms with van der Waals surface area (Å²) in [5, 5.41) is 2.27. The largest absolute Gasteiger partial charge is 0.455 e. The minimum atomic E-state index is -4.51. The first-order valence-electron chi connectivity index (χ1n) is 8.18. The molecule has 0 heterocycles. The highest BCUT2D eigenvalue weighted by Crippen LogP contribution is 2.37. The second kappa shape index (κ2) is 7.95. The molecule has 0 aliphatic heterocycles. The van der Waals surface area contributed by atoms with Crippen molar-refractivity contribution >= 4 is 12.1 Å². The van der Waals surface area contributed by atoms with Crippen LogP contribution in [0.25, 0.3) is 0 Å². The summed E-state index contributed by atoms with van der Waals surface area (Å²) in [6.07, 6.45) is -3.59. The van der Waals surface area contributed by atoms with E-state index >= 15 is 0 Å². The van der Waals surface area contributed by atoms with E-state index in [2.05, 4.69) is 5.32 Å². The van der Waals surface area contributed by atoms with Gasteiger partial charge in [-0.25, -0.2) is 0 Å². The van der Waals surface area contributed by atoms with Crippen LogP contribution >= 0.6 is 0 Å². The number of nitrogens with one attached hydrogen (secondary N) is 1. The first-order valence-corrected chi connectivity index (χ1v) is 8.18. The van der Waals surface area contributed by atoms with Crippen molar-refractivity contribution in [1.29, 1.82) is 0 Å². The van der Waals surface area contributed by atoms with E-state index in [-0.39, 0.29) is 11.4 Å². The third-order valence-electron chi connectivity index (χ3n) is 3.95. The molecule has 3 rings (SSSR count). The van der Waals surface area contributed by atoms with E-state index in [0.717, 1.165) is 23.3 Å². The molecule has 0 unspecified atom stereocenters. The van der Waals surface area contributed by atoms with Crippen LogP contribution < -0.4 is 10.1 Å². The van der Waals surface area contributed by atoms with E-state index < -0.39 is 11.7 Å². The minimum Gasteiger partial charge on any atom is -0.455 e. The van der Waals surface area contributed by atoms with E-state index in [0.29, 0.717) is 18.6 Å². The zero-order valence-electron chi connectivity index (χ0n) is 14.2. The summed E-state index contributed by atoms with van der Waals surface area (Å²) in [5.74, 6) is 0.644. The molecule has 3 aromatic rings. The van der Waals surface area contributed by atoms with Crippen LogP contribution in [0.2, 0.25) is 0 Å². The molecule has 3 aromatic carbocycles. The predicted octanol–water partition coefficient (Wildman–Crippen LogP) is 5.66. The minimum absolute atomic E-state index is 0.0469. The van der Waals surface area contributed by atoms with Crippen LogP contribution in [0.4, 0.5) is 18.9 Å². The summed E-state index contributed by atoms with van der Waals surface area (Å²) in [6, 6.07) is 20.0. The molecule has 0 atom stereocenters. The fourth-order valence-corrected chi connectivity index (χ4v) is 2.66. The van der Waals surface area contributed by atoms with Crippen molar-refractivity contribution < 1.29 is 22.7 Å². The van der Waals surface area contributed by atoms with Crippen molar-refractivity contribution in [3.63, 3.8) is 0 Å². The topological polar surface area (TPSA) is 38.3 Å². The summed E-state index contributed by atoms with van der Waals surface area (Å²) in [5.41, 5.74) is 1.04. The van der Waals surface area contributed by atoms with Gasteiger partial charge in [0.15, 0.2) is 5.75 Å². The molecule has 138 valence electrons. The zero-order chi connectivity index (χ0) is 19.3. The fourth-order valence-electron chi connectivity index (χ4n) is 2.66. The average molecular weight is 371 g/mol. The van der Waals surface area contributed by atoms with Gasteiger partial charge in [0, 0.05) is 6.42 Å². The van der Waals surface area contributed by atoms with Crippen molar-refractivity contribution in [2.75, 3.05) is 5.32 Å². The van der Waals surface area contributed by atoms with E-state index in [4.69, 9.17) is 4.74 Å². The first kappa shape index (κ1) is 18.5. The second-order valence-electron chi connectivity index (χ2n) is 5.84. The lowest BCUT2D eigenvalue weighted by Gasteiger charge is -2.16. The summed E-state index contributed by atoms with van der Waals surface area (Å²) in [4.78, 5) is 10.8. The van der Waals surface area contributed by atoms with Crippen LogP contribution in [-0.4, -0.2) is 6.41 Å². The standard InChI is InChI=1S/C21H16F3NO2/c22-21(23,24)17-10-11-20(18(13-17)25-14-26)27-19-9-5-4-8-16(19)12-15-6-2-1-3-7-15/h1-11,13-14H,12H2,(H,25,26). The number of ether oxygens (including phenoxy) is 1. The number of hydrogen-bond acceptors (Lipinski definition) is 2. The Bertz CT molecular complexity index is 924. The normalized spacial score (nSPS) is 11.1. The van der Waals surface area contributed by atoms with Gasteiger partial charge in [-0.05, 0) is 35.4 Å². The molecule has 27 heavy (non-hydrogen) atoms. The van der Waals surface area contributed by atoms with Gasteiger partial charge in [0.2, 0.25) is 6.41 Å². The number of carbonyl (C=O) groups excluding carboxylic acids is 1. The predicted molar refractivity (Wildman–Crippen MR) is 96.9 cm³/mol. The number of anilines is 1. The Morgan fingerprint density at radius 1 is 0.889 bits per heavy atom. The molecule has 0 radical (unpaired) electrons. The lowest BCUT2D eigenvalue weighted by Crippen LogP contribution is -2.07. The molecule has 0 bridgehead atoms. The maximum Gasteiger partial charge on any atom is 0.416 e. The first-order chi connectivity index (χ1) is 13.0. The van der Waals surface area contributed by atoms with Gasteiger partial charge in [0.05, 0.1) is 11.3 Å². The fraction of sp³-hybridized carbons (Fsp3) is 0.0952. The SMILES string of the molecule is O=CNc1cc(C(F)(F)F)ccc1Oc1ccccc1Cc1ccccc1. The van der Waals surface area contributed by atoms with Gasteiger partial charge >= 0.3 is 6.18 Å².